The lowest BCUT2D eigenvalue weighted by atomic mass is 10.0. The average molecular weight is 447 g/mol. The molecule has 0 radical (unpaired) electrons. The SMILES string of the molecule is Cc1ccccc1-c1nnn(CC(=O)N2N=C(c3ccc(Cl)cc3)C[C@H]2c2ccco2)n1. The van der Waals surface area contributed by atoms with Crippen LogP contribution in [-0.4, -0.2) is 36.8 Å². The summed E-state index contributed by atoms with van der Waals surface area (Å²) in [5.41, 5.74) is 3.60. The van der Waals surface area contributed by atoms with Crippen LogP contribution in [0.3, 0.4) is 0 Å². The number of rotatable bonds is 5. The van der Waals surface area contributed by atoms with E-state index in [2.05, 4.69) is 20.5 Å². The molecule has 0 fully saturated rings. The molecule has 3 heterocycles. The Morgan fingerprint density at radius 1 is 1.12 bits per heavy atom. The summed E-state index contributed by atoms with van der Waals surface area (Å²) in [6, 6.07) is 18.5. The lowest BCUT2D eigenvalue weighted by Crippen LogP contribution is -2.31. The third-order valence-corrected chi connectivity index (χ3v) is 5.58. The molecule has 0 N–H and O–H groups in total. The molecule has 0 bridgehead atoms. The van der Waals surface area contributed by atoms with E-state index >= 15 is 0 Å². The first-order chi connectivity index (χ1) is 15.6. The molecule has 1 atom stereocenters. The maximum Gasteiger partial charge on any atom is 0.267 e. The van der Waals surface area contributed by atoms with Crippen LogP contribution in [0, 0.1) is 6.92 Å². The Labute approximate surface area is 189 Å². The smallest absolute Gasteiger partial charge is 0.267 e. The van der Waals surface area contributed by atoms with Gasteiger partial charge in [0.2, 0.25) is 5.82 Å². The number of hydrogen-bond acceptors (Lipinski definition) is 6. The molecule has 0 saturated carbocycles. The predicted molar refractivity (Wildman–Crippen MR) is 119 cm³/mol. The molecule has 160 valence electrons. The highest BCUT2D eigenvalue weighted by Crippen LogP contribution is 2.33. The molecule has 1 aliphatic heterocycles. The second-order valence-electron chi connectivity index (χ2n) is 7.49. The molecule has 4 aromatic rings. The van der Waals surface area contributed by atoms with Gasteiger partial charge in [0.15, 0.2) is 0 Å². The number of amides is 1. The van der Waals surface area contributed by atoms with Crippen LogP contribution >= 0.6 is 11.6 Å². The van der Waals surface area contributed by atoms with Gasteiger partial charge in [0.1, 0.15) is 18.3 Å². The number of halogens is 1. The molecule has 0 unspecified atom stereocenters. The van der Waals surface area contributed by atoms with Crippen molar-refractivity contribution in [3.8, 4) is 11.4 Å². The van der Waals surface area contributed by atoms with E-state index in [1.807, 2.05) is 49.4 Å². The molecule has 0 saturated heterocycles. The number of carbonyl (C=O) groups excluding carboxylic acids is 1. The standard InChI is InChI=1S/C23H19ClN6O2/c1-15-5-2-3-6-18(15)23-25-28-29(27-23)14-22(31)30-20(21-7-4-12-32-21)13-19(26-30)16-8-10-17(24)11-9-16/h2-12,20H,13-14H2,1H3/t20-/m0/s1. The summed E-state index contributed by atoms with van der Waals surface area (Å²) in [4.78, 5) is 14.5. The number of hydrogen-bond donors (Lipinski definition) is 0. The minimum absolute atomic E-state index is 0.0898. The van der Waals surface area contributed by atoms with Gasteiger partial charge in [0.25, 0.3) is 5.91 Å². The van der Waals surface area contributed by atoms with Gasteiger partial charge in [-0.1, -0.05) is 48.0 Å². The Balaban J connectivity index is 1.40. The van der Waals surface area contributed by atoms with E-state index in [1.165, 1.54) is 9.81 Å². The predicted octanol–water partition coefficient (Wildman–Crippen LogP) is 4.27. The van der Waals surface area contributed by atoms with E-state index in [0.717, 1.165) is 22.4 Å². The highest BCUT2D eigenvalue weighted by atomic mass is 35.5. The lowest BCUT2D eigenvalue weighted by Gasteiger charge is -2.19. The highest BCUT2D eigenvalue weighted by molar-refractivity contribution is 6.30. The van der Waals surface area contributed by atoms with Gasteiger partial charge >= 0.3 is 0 Å². The average Bonchev–Trinajstić information content (AvgIpc) is 3.55. The lowest BCUT2D eigenvalue weighted by molar-refractivity contribution is -0.134. The van der Waals surface area contributed by atoms with E-state index in [-0.39, 0.29) is 18.5 Å². The molecule has 0 spiro atoms. The fourth-order valence-electron chi connectivity index (χ4n) is 3.69. The number of nitrogens with zero attached hydrogens (tertiary/aromatic N) is 6. The van der Waals surface area contributed by atoms with E-state index in [1.54, 1.807) is 24.5 Å². The van der Waals surface area contributed by atoms with Crippen LogP contribution < -0.4 is 0 Å². The third-order valence-electron chi connectivity index (χ3n) is 5.33. The number of hydrazone groups is 1. The Morgan fingerprint density at radius 2 is 1.94 bits per heavy atom. The van der Waals surface area contributed by atoms with Gasteiger partial charge in [-0.2, -0.15) is 9.90 Å². The van der Waals surface area contributed by atoms with Crippen LogP contribution in [0.15, 0.2) is 76.4 Å². The van der Waals surface area contributed by atoms with Gasteiger partial charge in [-0.15, -0.1) is 10.2 Å². The quantitative estimate of drug-likeness (QED) is 0.456. The van der Waals surface area contributed by atoms with Gasteiger partial charge in [-0.05, 0) is 47.5 Å². The summed E-state index contributed by atoms with van der Waals surface area (Å²) in [5.74, 6) is 0.882. The number of tetrazole rings is 1. The van der Waals surface area contributed by atoms with Gasteiger partial charge in [-0.25, -0.2) is 5.01 Å². The molecule has 5 rings (SSSR count). The van der Waals surface area contributed by atoms with Crippen molar-refractivity contribution in [3.63, 3.8) is 0 Å². The largest absolute Gasteiger partial charge is 0.467 e. The van der Waals surface area contributed by atoms with Crippen LogP contribution in [0.5, 0.6) is 0 Å². The summed E-state index contributed by atoms with van der Waals surface area (Å²) < 4.78 is 5.59. The first kappa shape index (κ1) is 20.1. The third kappa shape index (κ3) is 3.92. The monoisotopic (exact) mass is 446 g/mol. The fourth-order valence-corrected chi connectivity index (χ4v) is 3.82. The Hall–Kier alpha value is -3.78. The molecule has 1 amide bonds. The van der Waals surface area contributed by atoms with Crippen LogP contribution in [0.2, 0.25) is 5.02 Å². The van der Waals surface area contributed by atoms with E-state index < -0.39 is 0 Å². The van der Waals surface area contributed by atoms with Gasteiger partial charge in [-0.3, -0.25) is 4.79 Å². The Morgan fingerprint density at radius 3 is 2.69 bits per heavy atom. The van der Waals surface area contributed by atoms with Crippen molar-refractivity contribution in [1.29, 1.82) is 0 Å². The zero-order valence-corrected chi connectivity index (χ0v) is 18.0. The van der Waals surface area contributed by atoms with E-state index in [0.29, 0.717) is 23.0 Å². The number of furan rings is 1. The zero-order chi connectivity index (χ0) is 22.1. The van der Waals surface area contributed by atoms with Crippen molar-refractivity contribution in [2.75, 3.05) is 0 Å². The number of aryl methyl sites for hydroxylation is 1. The summed E-state index contributed by atoms with van der Waals surface area (Å²) in [5, 5.41) is 19.3. The molecule has 2 aromatic carbocycles. The first-order valence-corrected chi connectivity index (χ1v) is 10.5. The maximum absolute atomic E-state index is 13.2. The second kappa shape index (κ2) is 8.39. The summed E-state index contributed by atoms with van der Waals surface area (Å²) in [6.07, 6.45) is 2.12. The van der Waals surface area contributed by atoms with Crippen molar-refractivity contribution in [2.45, 2.75) is 25.9 Å². The van der Waals surface area contributed by atoms with Crippen molar-refractivity contribution < 1.29 is 9.21 Å². The normalized spacial score (nSPS) is 15.8. The molecule has 32 heavy (non-hydrogen) atoms. The Bertz CT molecular complexity index is 1280. The molecule has 1 aliphatic rings. The summed E-state index contributed by atoms with van der Waals surface area (Å²) >= 11 is 6.01. The van der Waals surface area contributed by atoms with Gasteiger partial charge in [0.05, 0.1) is 12.0 Å². The minimum atomic E-state index is -0.345. The minimum Gasteiger partial charge on any atom is -0.467 e. The van der Waals surface area contributed by atoms with Crippen molar-refractivity contribution in [1.82, 2.24) is 25.2 Å². The van der Waals surface area contributed by atoms with Crippen molar-refractivity contribution in [2.24, 2.45) is 5.10 Å². The Kier molecular flexibility index (Phi) is 5.28. The van der Waals surface area contributed by atoms with E-state index in [4.69, 9.17) is 16.0 Å². The first-order valence-electron chi connectivity index (χ1n) is 10.1. The summed E-state index contributed by atoms with van der Waals surface area (Å²) in [6.45, 7) is 1.89. The van der Waals surface area contributed by atoms with Crippen LogP contribution in [-0.2, 0) is 11.3 Å². The molecule has 9 heteroatoms. The van der Waals surface area contributed by atoms with Crippen molar-refractivity contribution in [3.05, 3.63) is 88.8 Å². The fraction of sp³-hybridized carbons (Fsp3) is 0.174. The molecule has 8 nitrogen and oxygen atoms in total. The second-order valence-corrected chi connectivity index (χ2v) is 7.92. The zero-order valence-electron chi connectivity index (χ0n) is 17.2. The highest BCUT2D eigenvalue weighted by Gasteiger charge is 2.35. The maximum atomic E-state index is 13.2. The molecular formula is C23H19ClN6O2. The van der Waals surface area contributed by atoms with E-state index in [9.17, 15) is 4.79 Å². The molecule has 2 aromatic heterocycles. The van der Waals surface area contributed by atoms with Crippen LogP contribution in [0.1, 0.15) is 29.3 Å². The number of benzene rings is 2. The number of aromatic nitrogens is 4. The van der Waals surface area contributed by atoms with Gasteiger partial charge in [0, 0.05) is 17.0 Å². The molecular weight excluding hydrogens is 428 g/mol. The number of carbonyl (C=O) groups is 1. The van der Waals surface area contributed by atoms with Crippen molar-refractivity contribution >= 4 is 23.2 Å². The van der Waals surface area contributed by atoms with Crippen LogP contribution in [0.4, 0.5) is 0 Å². The van der Waals surface area contributed by atoms with Gasteiger partial charge < -0.3 is 4.42 Å². The summed E-state index contributed by atoms with van der Waals surface area (Å²) in [7, 11) is 0. The molecule has 0 aliphatic carbocycles. The van der Waals surface area contributed by atoms with Crippen LogP contribution in [0.25, 0.3) is 11.4 Å². The topological polar surface area (TPSA) is 89.4 Å².